The van der Waals surface area contributed by atoms with Crippen LogP contribution in [0.25, 0.3) is 0 Å². The molecule has 2 heterocycles. The highest BCUT2D eigenvalue weighted by Crippen LogP contribution is 2.20. The van der Waals surface area contributed by atoms with Gasteiger partial charge in [0.1, 0.15) is 17.7 Å². The average Bonchev–Trinajstić information content (AvgIpc) is 2.60. The molecule has 6 nitrogen and oxygen atoms in total. The van der Waals surface area contributed by atoms with E-state index in [1.54, 1.807) is 23.4 Å². The maximum atomic E-state index is 13.4. The Morgan fingerprint density at radius 1 is 1.15 bits per heavy atom. The van der Waals surface area contributed by atoms with Crippen LogP contribution in [-0.4, -0.2) is 50.9 Å². The Labute approximate surface area is 155 Å². The fourth-order valence-electron chi connectivity index (χ4n) is 3.26. The summed E-state index contributed by atoms with van der Waals surface area (Å²) in [7, 11) is 0. The van der Waals surface area contributed by atoms with E-state index >= 15 is 0 Å². The van der Waals surface area contributed by atoms with Crippen molar-refractivity contribution in [3.05, 3.63) is 65.5 Å². The molecule has 1 aromatic carbocycles. The first-order valence-electron chi connectivity index (χ1n) is 8.51. The minimum absolute atomic E-state index is 0.0321. The monoisotopic (exact) mass is 375 g/mol. The van der Waals surface area contributed by atoms with Gasteiger partial charge in [0, 0.05) is 44.6 Å². The van der Waals surface area contributed by atoms with Crippen LogP contribution in [0.3, 0.4) is 0 Å². The summed E-state index contributed by atoms with van der Waals surface area (Å²) in [5, 5.41) is 9.21. The van der Waals surface area contributed by atoms with E-state index in [4.69, 9.17) is 0 Å². The Morgan fingerprint density at radius 3 is 2.52 bits per heavy atom. The molecule has 0 bridgehead atoms. The zero-order valence-corrected chi connectivity index (χ0v) is 14.5. The van der Waals surface area contributed by atoms with E-state index in [1.807, 2.05) is 6.07 Å². The van der Waals surface area contributed by atoms with Crippen LogP contribution >= 0.6 is 0 Å². The Bertz CT molecular complexity index is 812. The number of aromatic nitrogens is 1. The van der Waals surface area contributed by atoms with Gasteiger partial charge < -0.3 is 10.0 Å². The molecular weight excluding hydrogens is 356 g/mol. The summed E-state index contributed by atoms with van der Waals surface area (Å²) in [5.41, 5.74) is 1.21. The molecule has 1 aliphatic rings. The largest absolute Gasteiger partial charge is 0.481 e. The molecule has 142 valence electrons. The third kappa shape index (κ3) is 4.85. The van der Waals surface area contributed by atoms with Crippen LogP contribution in [0, 0.1) is 11.6 Å². The second-order valence-electron chi connectivity index (χ2n) is 6.48. The molecular formula is C19H19F2N3O3. The molecule has 1 N–H and O–H groups in total. The predicted octanol–water partition coefficient (Wildman–Crippen LogP) is 2.05. The van der Waals surface area contributed by atoms with Gasteiger partial charge in [-0.05, 0) is 29.3 Å². The summed E-state index contributed by atoms with van der Waals surface area (Å²) in [4.78, 5) is 31.4. The molecule has 2 aromatic rings. The molecule has 1 unspecified atom stereocenters. The predicted molar refractivity (Wildman–Crippen MR) is 92.5 cm³/mol. The van der Waals surface area contributed by atoms with Gasteiger partial charge in [-0.25, -0.2) is 8.78 Å². The van der Waals surface area contributed by atoms with E-state index in [1.165, 1.54) is 17.0 Å². The summed E-state index contributed by atoms with van der Waals surface area (Å²) in [5.74, 6) is -2.87. The van der Waals surface area contributed by atoms with Gasteiger partial charge in [0.15, 0.2) is 0 Å². The third-order valence-corrected chi connectivity index (χ3v) is 4.47. The zero-order chi connectivity index (χ0) is 19.4. The standard InChI is InChI=1S/C19H19F2N3O3/c20-15-6-14(7-16(21)8-15)12-24-5-4-23(11-13-2-1-3-22-10-13)17(19(24)27)9-18(25)26/h1-3,6-8,10,17H,4-5,9,11-12H2,(H,25,26). The number of carboxylic acid groups (broad SMARTS) is 1. The quantitative estimate of drug-likeness (QED) is 0.837. The van der Waals surface area contributed by atoms with Crippen molar-refractivity contribution in [1.82, 2.24) is 14.8 Å². The number of hydrogen-bond donors (Lipinski definition) is 1. The van der Waals surface area contributed by atoms with E-state index in [-0.39, 0.29) is 18.9 Å². The van der Waals surface area contributed by atoms with Crippen molar-refractivity contribution in [1.29, 1.82) is 0 Å². The number of amides is 1. The summed E-state index contributed by atoms with van der Waals surface area (Å²) >= 11 is 0. The molecule has 1 fully saturated rings. The maximum Gasteiger partial charge on any atom is 0.305 e. The lowest BCUT2D eigenvalue weighted by molar-refractivity contribution is -0.150. The topological polar surface area (TPSA) is 73.7 Å². The highest BCUT2D eigenvalue weighted by Gasteiger charge is 2.36. The van der Waals surface area contributed by atoms with Gasteiger partial charge in [0.05, 0.1) is 6.42 Å². The smallest absolute Gasteiger partial charge is 0.305 e. The van der Waals surface area contributed by atoms with E-state index in [0.29, 0.717) is 25.2 Å². The van der Waals surface area contributed by atoms with Crippen molar-refractivity contribution < 1.29 is 23.5 Å². The third-order valence-electron chi connectivity index (χ3n) is 4.47. The molecule has 1 atom stereocenters. The molecule has 1 saturated heterocycles. The van der Waals surface area contributed by atoms with Gasteiger partial charge >= 0.3 is 5.97 Å². The second-order valence-corrected chi connectivity index (χ2v) is 6.48. The Kier molecular flexibility index (Phi) is 5.75. The van der Waals surface area contributed by atoms with Gasteiger partial charge in [-0.15, -0.1) is 0 Å². The van der Waals surface area contributed by atoms with E-state index < -0.39 is 23.6 Å². The molecule has 0 spiro atoms. The first-order valence-corrected chi connectivity index (χ1v) is 8.51. The fourth-order valence-corrected chi connectivity index (χ4v) is 3.26. The fraction of sp³-hybridized carbons (Fsp3) is 0.316. The van der Waals surface area contributed by atoms with Crippen LogP contribution in [0.5, 0.6) is 0 Å². The normalized spacial score (nSPS) is 17.9. The van der Waals surface area contributed by atoms with Gasteiger partial charge in [-0.3, -0.25) is 19.5 Å². The highest BCUT2D eigenvalue weighted by atomic mass is 19.1. The van der Waals surface area contributed by atoms with Gasteiger partial charge in [0.2, 0.25) is 5.91 Å². The van der Waals surface area contributed by atoms with Crippen molar-refractivity contribution in [2.75, 3.05) is 13.1 Å². The summed E-state index contributed by atoms with van der Waals surface area (Å²) in [6.07, 6.45) is 2.97. The Balaban J connectivity index is 1.76. The van der Waals surface area contributed by atoms with Crippen LogP contribution in [-0.2, 0) is 22.7 Å². The number of piperazine rings is 1. The van der Waals surface area contributed by atoms with Gasteiger partial charge in [-0.2, -0.15) is 0 Å². The lowest BCUT2D eigenvalue weighted by Gasteiger charge is -2.40. The zero-order valence-electron chi connectivity index (χ0n) is 14.5. The SMILES string of the molecule is O=C(O)CC1C(=O)N(Cc2cc(F)cc(F)c2)CCN1Cc1cccnc1. The van der Waals surface area contributed by atoms with Crippen molar-refractivity contribution in [2.45, 2.75) is 25.6 Å². The van der Waals surface area contributed by atoms with Gasteiger partial charge in [0.25, 0.3) is 0 Å². The van der Waals surface area contributed by atoms with Crippen LogP contribution < -0.4 is 0 Å². The summed E-state index contributed by atoms with van der Waals surface area (Å²) < 4.78 is 26.8. The number of pyridine rings is 1. The van der Waals surface area contributed by atoms with E-state index in [9.17, 15) is 23.5 Å². The number of carbonyl (C=O) groups is 2. The minimum Gasteiger partial charge on any atom is -0.481 e. The van der Waals surface area contributed by atoms with Crippen molar-refractivity contribution in [3.63, 3.8) is 0 Å². The highest BCUT2D eigenvalue weighted by molar-refractivity contribution is 5.86. The summed E-state index contributed by atoms with van der Waals surface area (Å²) in [6, 6.07) is 5.91. The van der Waals surface area contributed by atoms with Crippen LogP contribution in [0.15, 0.2) is 42.7 Å². The molecule has 27 heavy (non-hydrogen) atoms. The number of carbonyl (C=O) groups excluding carboxylic acids is 1. The lowest BCUT2D eigenvalue weighted by atomic mass is 10.0. The second kappa shape index (κ2) is 8.22. The van der Waals surface area contributed by atoms with Crippen LogP contribution in [0.2, 0.25) is 0 Å². The van der Waals surface area contributed by atoms with Crippen molar-refractivity contribution in [2.24, 2.45) is 0 Å². The first kappa shape index (κ1) is 18.9. The molecule has 1 aliphatic heterocycles. The molecule has 0 radical (unpaired) electrons. The van der Waals surface area contributed by atoms with E-state index in [2.05, 4.69) is 4.98 Å². The van der Waals surface area contributed by atoms with Crippen molar-refractivity contribution in [3.8, 4) is 0 Å². The summed E-state index contributed by atoms with van der Waals surface area (Å²) in [6.45, 7) is 1.23. The lowest BCUT2D eigenvalue weighted by Crippen LogP contribution is -2.56. The van der Waals surface area contributed by atoms with Crippen LogP contribution in [0.4, 0.5) is 8.78 Å². The molecule has 3 rings (SSSR count). The number of hydrogen-bond acceptors (Lipinski definition) is 4. The molecule has 1 amide bonds. The Hall–Kier alpha value is -2.87. The number of carboxylic acids is 1. The minimum atomic E-state index is -1.08. The number of halogens is 2. The number of benzene rings is 1. The maximum absolute atomic E-state index is 13.4. The molecule has 0 saturated carbocycles. The Morgan fingerprint density at radius 2 is 1.89 bits per heavy atom. The average molecular weight is 375 g/mol. The molecule has 0 aliphatic carbocycles. The van der Waals surface area contributed by atoms with Crippen LogP contribution in [0.1, 0.15) is 17.5 Å². The van der Waals surface area contributed by atoms with Crippen molar-refractivity contribution >= 4 is 11.9 Å². The van der Waals surface area contributed by atoms with E-state index in [0.717, 1.165) is 11.6 Å². The molecule has 1 aromatic heterocycles. The number of nitrogens with zero attached hydrogens (tertiary/aromatic N) is 3. The first-order chi connectivity index (χ1) is 12.9. The van der Waals surface area contributed by atoms with Gasteiger partial charge in [-0.1, -0.05) is 6.07 Å². The molecule has 8 heteroatoms. The number of rotatable bonds is 6. The number of aliphatic carboxylic acids is 1.